The maximum Gasteiger partial charge on any atom is 0.268 e. The van der Waals surface area contributed by atoms with Gasteiger partial charge < -0.3 is 15.7 Å². The molecule has 1 aromatic heterocycles. The first-order valence-electron chi connectivity index (χ1n) is 5.82. The lowest BCUT2D eigenvalue weighted by atomic mass is 10.3. The second-order valence-corrected chi connectivity index (χ2v) is 3.80. The summed E-state index contributed by atoms with van der Waals surface area (Å²) < 4.78 is 1.23. The predicted molar refractivity (Wildman–Crippen MR) is 67.1 cm³/mol. The number of aliphatic hydroxyl groups is 1. The van der Waals surface area contributed by atoms with Gasteiger partial charge in [0.05, 0.1) is 24.5 Å². The van der Waals surface area contributed by atoms with Crippen LogP contribution in [0.3, 0.4) is 0 Å². The van der Waals surface area contributed by atoms with Gasteiger partial charge in [-0.3, -0.25) is 4.79 Å². The van der Waals surface area contributed by atoms with Crippen molar-refractivity contribution in [2.24, 2.45) is 5.73 Å². The third kappa shape index (κ3) is 3.54. The molecule has 1 heterocycles. The average Bonchev–Trinajstić information content (AvgIpc) is 2.33. The highest BCUT2D eigenvalue weighted by Crippen LogP contribution is 2.08. The van der Waals surface area contributed by atoms with Crippen molar-refractivity contribution < 1.29 is 5.11 Å². The van der Waals surface area contributed by atoms with Crippen LogP contribution >= 0.6 is 0 Å². The normalized spacial score (nSPS) is 12.5. The molecule has 0 aliphatic heterocycles. The predicted octanol–water partition coefficient (Wildman–Crippen LogP) is -0.591. The Morgan fingerprint density at radius 3 is 2.65 bits per heavy atom. The van der Waals surface area contributed by atoms with E-state index in [2.05, 4.69) is 5.10 Å². The number of anilines is 1. The first-order valence-corrected chi connectivity index (χ1v) is 5.82. The molecule has 0 fully saturated rings. The second kappa shape index (κ2) is 6.36. The molecule has 0 amide bonds. The third-order valence-electron chi connectivity index (χ3n) is 2.64. The standard InChI is InChI=1S/C11H20N4O2/c1-3-14(4-2)9-5-11(17)15(13-7-9)8-10(16)6-12/h5,7,10,16H,3-4,6,8,12H2,1-2H3/t10-/m1/s1. The van der Waals surface area contributed by atoms with Crippen LogP contribution in [-0.2, 0) is 6.54 Å². The zero-order valence-corrected chi connectivity index (χ0v) is 10.3. The quantitative estimate of drug-likeness (QED) is 0.694. The lowest BCUT2D eigenvalue weighted by Crippen LogP contribution is -2.33. The van der Waals surface area contributed by atoms with Crippen LogP contribution in [0.5, 0.6) is 0 Å². The molecule has 0 saturated heterocycles. The van der Waals surface area contributed by atoms with Crippen LogP contribution in [-0.4, -0.2) is 40.6 Å². The van der Waals surface area contributed by atoms with Crippen LogP contribution in [0.1, 0.15) is 13.8 Å². The molecule has 0 aromatic carbocycles. The molecule has 0 saturated carbocycles. The Balaban J connectivity index is 2.90. The number of aliphatic hydroxyl groups excluding tert-OH is 1. The fraction of sp³-hybridized carbons (Fsp3) is 0.636. The van der Waals surface area contributed by atoms with Gasteiger partial charge in [-0.15, -0.1) is 0 Å². The van der Waals surface area contributed by atoms with Crippen molar-refractivity contribution in [2.75, 3.05) is 24.5 Å². The largest absolute Gasteiger partial charge is 0.390 e. The van der Waals surface area contributed by atoms with E-state index in [-0.39, 0.29) is 18.6 Å². The summed E-state index contributed by atoms with van der Waals surface area (Å²) in [5.41, 5.74) is 5.87. The maximum atomic E-state index is 11.7. The number of nitrogens with zero attached hydrogens (tertiary/aromatic N) is 3. The molecule has 0 aliphatic rings. The molecule has 0 unspecified atom stereocenters. The Morgan fingerprint density at radius 1 is 1.53 bits per heavy atom. The van der Waals surface area contributed by atoms with Crippen molar-refractivity contribution in [2.45, 2.75) is 26.5 Å². The molecule has 3 N–H and O–H groups in total. The molecule has 0 bridgehead atoms. The highest BCUT2D eigenvalue weighted by Gasteiger charge is 2.08. The van der Waals surface area contributed by atoms with Crippen molar-refractivity contribution in [3.8, 4) is 0 Å². The Kier molecular flexibility index (Phi) is 5.11. The monoisotopic (exact) mass is 240 g/mol. The third-order valence-corrected chi connectivity index (χ3v) is 2.64. The Morgan fingerprint density at radius 2 is 2.18 bits per heavy atom. The van der Waals surface area contributed by atoms with E-state index in [1.807, 2.05) is 18.7 Å². The Hall–Kier alpha value is -1.40. The van der Waals surface area contributed by atoms with Crippen LogP contribution in [0.4, 0.5) is 5.69 Å². The topological polar surface area (TPSA) is 84.4 Å². The van der Waals surface area contributed by atoms with E-state index in [0.29, 0.717) is 0 Å². The van der Waals surface area contributed by atoms with Crippen molar-refractivity contribution in [3.05, 3.63) is 22.6 Å². The summed E-state index contributed by atoms with van der Waals surface area (Å²) in [4.78, 5) is 13.8. The summed E-state index contributed by atoms with van der Waals surface area (Å²) in [6.45, 7) is 5.94. The van der Waals surface area contributed by atoms with Gasteiger partial charge in [0, 0.05) is 25.7 Å². The van der Waals surface area contributed by atoms with Gasteiger partial charge in [-0.2, -0.15) is 5.10 Å². The molecular formula is C11H20N4O2. The molecule has 6 nitrogen and oxygen atoms in total. The summed E-state index contributed by atoms with van der Waals surface area (Å²) >= 11 is 0. The van der Waals surface area contributed by atoms with Crippen molar-refractivity contribution in [1.82, 2.24) is 9.78 Å². The van der Waals surface area contributed by atoms with Crippen LogP contribution in [0.15, 0.2) is 17.1 Å². The van der Waals surface area contributed by atoms with Gasteiger partial charge in [-0.1, -0.05) is 0 Å². The van der Waals surface area contributed by atoms with E-state index in [9.17, 15) is 9.90 Å². The fourth-order valence-corrected chi connectivity index (χ4v) is 1.60. The van der Waals surface area contributed by atoms with E-state index in [0.717, 1.165) is 18.8 Å². The van der Waals surface area contributed by atoms with Crippen LogP contribution in [0.25, 0.3) is 0 Å². The number of aromatic nitrogens is 2. The zero-order chi connectivity index (χ0) is 12.8. The number of hydrogen-bond donors (Lipinski definition) is 2. The molecule has 17 heavy (non-hydrogen) atoms. The van der Waals surface area contributed by atoms with Gasteiger partial charge in [0.1, 0.15) is 0 Å². The summed E-state index contributed by atoms with van der Waals surface area (Å²) in [7, 11) is 0. The zero-order valence-electron chi connectivity index (χ0n) is 10.3. The van der Waals surface area contributed by atoms with Gasteiger partial charge in [-0.25, -0.2) is 4.68 Å². The fourth-order valence-electron chi connectivity index (χ4n) is 1.60. The minimum absolute atomic E-state index is 0.117. The van der Waals surface area contributed by atoms with Gasteiger partial charge in [-0.05, 0) is 13.8 Å². The number of nitrogens with two attached hydrogens (primary N) is 1. The summed E-state index contributed by atoms with van der Waals surface area (Å²) in [6, 6.07) is 1.53. The molecule has 1 atom stereocenters. The molecule has 96 valence electrons. The molecule has 0 spiro atoms. The van der Waals surface area contributed by atoms with Crippen LogP contribution in [0, 0.1) is 0 Å². The van der Waals surface area contributed by atoms with Crippen molar-refractivity contribution >= 4 is 5.69 Å². The molecule has 0 radical (unpaired) electrons. The number of hydrogen-bond acceptors (Lipinski definition) is 5. The molecular weight excluding hydrogens is 220 g/mol. The van der Waals surface area contributed by atoms with Crippen LogP contribution < -0.4 is 16.2 Å². The molecule has 0 aliphatic carbocycles. The van der Waals surface area contributed by atoms with E-state index < -0.39 is 6.10 Å². The van der Waals surface area contributed by atoms with Gasteiger partial charge in [0.2, 0.25) is 0 Å². The van der Waals surface area contributed by atoms with E-state index in [1.54, 1.807) is 6.20 Å². The SMILES string of the molecule is CCN(CC)c1cnn(C[C@H](O)CN)c(=O)c1. The summed E-state index contributed by atoms with van der Waals surface area (Å²) in [5, 5.41) is 13.4. The maximum absolute atomic E-state index is 11.7. The highest BCUT2D eigenvalue weighted by atomic mass is 16.3. The Labute approximate surface area is 101 Å². The smallest absolute Gasteiger partial charge is 0.268 e. The van der Waals surface area contributed by atoms with Gasteiger partial charge in [0.15, 0.2) is 0 Å². The highest BCUT2D eigenvalue weighted by molar-refractivity contribution is 5.42. The summed E-state index contributed by atoms with van der Waals surface area (Å²) in [6.07, 6.45) is 0.900. The second-order valence-electron chi connectivity index (χ2n) is 3.80. The van der Waals surface area contributed by atoms with E-state index in [4.69, 9.17) is 5.73 Å². The average molecular weight is 240 g/mol. The van der Waals surface area contributed by atoms with E-state index in [1.165, 1.54) is 10.7 Å². The summed E-state index contributed by atoms with van der Waals surface area (Å²) in [5.74, 6) is 0. The van der Waals surface area contributed by atoms with Crippen molar-refractivity contribution in [3.63, 3.8) is 0 Å². The first kappa shape index (κ1) is 13.7. The first-order chi connectivity index (χ1) is 8.12. The number of rotatable bonds is 6. The molecule has 1 aromatic rings. The molecule has 1 rings (SSSR count). The minimum atomic E-state index is -0.737. The van der Waals surface area contributed by atoms with E-state index >= 15 is 0 Å². The van der Waals surface area contributed by atoms with Gasteiger partial charge in [0.25, 0.3) is 5.56 Å². The van der Waals surface area contributed by atoms with Crippen LogP contribution in [0.2, 0.25) is 0 Å². The lowest BCUT2D eigenvalue weighted by molar-refractivity contribution is 0.155. The van der Waals surface area contributed by atoms with Crippen molar-refractivity contribution in [1.29, 1.82) is 0 Å². The lowest BCUT2D eigenvalue weighted by Gasteiger charge is -2.20. The Bertz CT molecular complexity index is 401. The van der Waals surface area contributed by atoms with Gasteiger partial charge >= 0.3 is 0 Å². The minimum Gasteiger partial charge on any atom is -0.390 e. The molecule has 6 heteroatoms.